The molecule has 7 heteroatoms. The van der Waals surface area contributed by atoms with E-state index in [1.807, 2.05) is 56.3 Å². The van der Waals surface area contributed by atoms with Crippen LogP contribution in [-0.2, 0) is 4.57 Å². The largest absolute Gasteiger partial charge is 0.494 e. The number of nitrogens with zero attached hydrogens (tertiary/aromatic N) is 1. The molecule has 0 aliphatic heterocycles. The topological polar surface area (TPSA) is 80.9 Å². The van der Waals surface area contributed by atoms with Gasteiger partial charge in [-0.25, -0.2) is 0 Å². The molecular weight excluding hydrogens is 461 g/mol. The van der Waals surface area contributed by atoms with Crippen molar-refractivity contribution < 1.29 is 23.8 Å². The zero-order valence-electron chi connectivity index (χ0n) is 19.5. The Kier molecular flexibility index (Phi) is 6.12. The second-order valence-electron chi connectivity index (χ2n) is 8.20. The van der Waals surface area contributed by atoms with Crippen LogP contribution >= 0.6 is 7.60 Å². The molecule has 1 heterocycles. The fraction of sp³-hybridized carbons (Fsp3) is 0.143. The zero-order valence-corrected chi connectivity index (χ0v) is 20.4. The van der Waals surface area contributed by atoms with Crippen LogP contribution in [0.2, 0.25) is 0 Å². The monoisotopic (exact) mass is 487 g/mol. The third kappa shape index (κ3) is 4.44. The summed E-state index contributed by atoms with van der Waals surface area (Å²) in [6.45, 7) is 5.10. The van der Waals surface area contributed by atoms with Crippen molar-refractivity contribution in [2.24, 2.45) is 0 Å². The van der Waals surface area contributed by atoms with Gasteiger partial charge >= 0.3 is 7.60 Å². The molecule has 0 amide bonds. The highest BCUT2D eigenvalue weighted by atomic mass is 31.2. The van der Waals surface area contributed by atoms with E-state index in [0.717, 1.165) is 50.1 Å². The molecule has 0 unspecified atom stereocenters. The first-order valence-electron chi connectivity index (χ1n) is 11.5. The third-order valence-electron chi connectivity index (χ3n) is 5.97. The fourth-order valence-corrected chi connectivity index (χ4v) is 5.03. The Bertz CT molecular complexity index is 1500. The predicted octanol–water partition coefficient (Wildman–Crippen LogP) is 6.05. The molecule has 5 aromatic rings. The molecule has 0 spiro atoms. The molecule has 35 heavy (non-hydrogen) atoms. The van der Waals surface area contributed by atoms with Gasteiger partial charge in [0.05, 0.1) is 29.6 Å². The van der Waals surface area contributed by atoms with Gasteiger partial charge in [-0.2, -0.15) is 0 Å². The van der Waals surface area contributed by atoms with Crippen molar-refractivity contribution in [2.75, 3.05) is 13.2 Å². The summed E-state index contributed by atoms with van der Waals surface area (Å²) in [5.41, 5.74) is 4.63. The minimum absolute atomic E-state index is 0.00776. The number of hydrogen-bond acceptors (Lipinski definition) is 3. The van der Waals surface area contributed by atoms with Gasteiger partial charge in [-0.15, -0.1) is 0 Å². The molecule has 0 aliphatic carbocycles. The van der Waals surface area contributed by atoms with Crippen LogP contribution in [0.3, 0.4) is 0 Å². The van der Waals surface area contributed by atoms with Crippen LogP contribution in [0.1, 0.15) is 13.8 Å². The van der Waals surface area contributed by atoms with Gasteiger partial charge in [-0.05, 0) is 73.5 Å². The van der Waals surface area contributed by atoms with Crippen LogP contribution in [0, 0.1) is 0 Å². The Morgan fingerprint density at radius 2 is 1.29 bits per heavy atom. The highest BCUT2D eigenvalue weighted by molar-refractivity contribution is 7.60. The van der Waals surface area contributed by atoms with Gasteiger partial charge < -0.3 is 23.8 Å². The summed E-state index contributed by atoms with van der Waals surface area (Å²) in [4.78, 5) is 19.1. The van der Waals surface area contributed by atoms with Crippen LogP contribution in [0.25, 0.3) is 38.6 Å². The maximum absolute atomic E-state index is 11.7. The summed E-state index contributed by atoms with van der Waals surface area (Å²) in [7, 11) is -4.32. The number of aromatic nitrogens is 1. The first-order valence-corrected chi connectivity index (χ1v) is 13.1. The first kappa shape index (κ1) is 23.2. The second kappa shape index (κ2) is 9.23. The standard InChI is InChI=1S/C28H26NO5P/c1-3-33-22-12-14-25-26-15-13-23(34-4-2)18-28(26)29(27(25)17-22)21-10-8-19(9-11-21)20-6-5-7-24(16-20)35(30,31)32/h5-18H,3-4H2,1-2H3,(H2,30,31,32). The fourth-order valence-electron chi connectivity index (χ4n) is 4.44. The summed E-state index contributed by atoms with van der Waals surface area (Å²) in [5.74, 6) is 1.61. The summed E-state index contributed by atoms with van der Waals surface area (Å²) in [6.07, 6.45) is 0. The van der Waals surface area contributed by atoms with Crippen LogP contribution in [-0.4, -0.2) is 27.6 Å². The molecule has 0 radical (unpaired) electrons. The van der Waals surface area contributed by atoms with E-state index in [-0.39, 0.29) is 5.30 Å². The summed E-state index contributed by atoms with van der Waals surface area (Å²) in [5, 5.41) is 2.24. The van der Waals surface area contributed by atoms with E-state index in [1.54, 1.807) is 12.1 Å². The van der Waals surface area contributed by atoms with Crippen LogP contribution in [0.5, 0.6) is 11.5 Å². The van der Waals surface area contributed by atoms with E-state index in [0.29, 0.717) is 13.2 Å². The molecule has 0 saturated heterocycles. The molecule has 6 nitrogen and oxygen atoms in total. The molecule has 2 N–H and O–H groups in total. The average Bonchev–Trinajstić information content (AvgIpc) is 3.17. The number of ether oxygens (including phenoxy) is 2. The quantitative estimate of drug-likeness (QED) is 0.273. The Hall–Kier alpha value is -3.57. The van der Waals surface area contributed by atoms with Gasteiger partial charge in [0.1, 0.15) is 11.5 Å². The SMILES string of the molecule is CCOc1ccc2c3ccc(OCC)cc3n(-c3ccc(-c4cccc(P(=O)(O)O)c4)cc3)c2c1. The lowest BCUT2D eigenvalue weighted by molar-refractivity contribution is 0.340. The Morgan fingerprint density at radius 3 is 1.80 bits per heavy atom. The summed E-state index contributed by atoms with van der Waals surface area (Å²) < 4.78 is 25.4. The van der Waals surface area contributed by atoms with E-state index in [4.69, 9.17) is 9.47 Å². The molecule has 1 aromatic heterocycles. The van der Waals surface area contributed by atoms with Gasteiger partial charge in [-0.3, -0.25) is 4.57 Å². The highest BCUT2D eigenvalue weighted by Gasteiger charge is 2.18. The number of benzene rings is 4. The van der Waals surface area contributed by atoms with Gasteiger partial charge in [-0.1, -0.05) is 24.3 Å². The molecule has 0 aliphatic rings. The van der Waals surface area contributed by atoms with Crippen molar-refractivity contribution in [1.82, 2.24) is 4.57 Å². The van der Waals surface area contributed by atoms with E-state index < -0.39 is 7.60 Å². The average molecular weight is 487 g/mol. The van der Waals surface area contributed by atoms with E-state index in [1.165, 1.54) is 6.07 Å². The molecule has 0 fully saturated rings. The van der Waals surface area contributed by atoms with Crippen molar-refractivity contribution in [3.63, 3.8) is 0 Å². The Labute approximate surface area is 203 Å². The Morgan fingerprint density at radius 1 is 0.714 bits per heavy atom. The zero-order chi connectivity index (χ0) is 24.6. The smallest absolute Gasteiger partial charge is 0.356 e. The van der Waals surface area contributed by atoms with Crippen LogP contribution in [0.15, 0.2) is 84.9 Å². The summed E-state index contributed by atoms with van der Waals surface area (Å²) in [6, 6.07) is 26.7. The van der Waals surface area contributed by atoms with Crippen molar-refractivity contribution in [3.8, 4) is 28.3 Å². The lowest BCUT2D eigenvalue weighted by Crippen LogP contribution is -2.03. The molecule has 0 bridgehead atoms. The van der Waals surface area contributed by atoms with Gasteiger partial charge in [0, 0.05) is 28.6 Å². The van der Waals surface area contributed by atoms with Crippen molar-refractivity contribution >= 4 is 34.7 Å². The second-order valence-corrected chi connectivity index (χ2v) is 9.81. The number of hydrogen-bond donors (Lipinski definition) is 2. The summed E-state index contributed by atoms with van der Waals surface area (Å²) >= 11 is 0. The lowest BCUT2D eigenvalue weighted by atomic mass is 10.1. The third-order valence-corrected chi connectivity index (χ3v) is 6.92. The highest BCUT2D eigenvalue weighted by Crippen LogP contribution is 2.37. The van der Waals surface area contributed by atoms with Crippen molar-refractivity contribution in [3.05, 3.63) is 84.9 Å². The normalized spacial score (nSPS) is 11.8. The van der Waals surface area contributed by atoms with Crippen molar-refractivity contribution in [2.45, 2.75) is 13.8 Å². The molecular formula is C28H26NO5P. The molecule has 178 valence electrons. The first-order chi connectivity index (χ1) is 16.9. The molecule has 0 saturated carbocycles. The van der Waals surface area contributed by atoms with Crippen molar-refractivity contribution in [1.29, 1.82) is 0 Å². The molecule has 0 atom stereocenters. The van der Waals surface area contributed by atoms with E-state index in [2.05, 4.69) is 28.8 Å². The maximum Gasteiger partial charge on any atom is 0.356 e. The lowest BCUT2D eigenvalue weighted by Gasteiger charge is -2.12. The number of fused-ring (bicyclic) bond motifs is 3. The maximum atomic E-state index is 11.7. The number of rotatable bonds is 7. The predicted molar refractivity (Wildman–Crippen MR) is 140 cm³/mol. The van der Waals surface area contributed by atoms with E-state index >= 15 is 0 Å². The minimum Gasteiger partial charge on any atom is -0.494 e. The Balaban J connectivity index is 1.67. The van der Waals surface area contributed by atoms with E-state index in [9.17, 15) is 14.4 Å². The van der Waals surface area contributed by atoms with Crippen LogP contribution < -0.4 is 14.8 Å². The molecule has 5 rings (SSSR count). The van der Waals surface area contributed by atoms with Gasteiger partial charge in [0.25, 0.3) is 0 Å². The van der Waals surface area contributed by atoms with Gasteiger partial charge in [0.15, 0.2) is 0 Å². The minimum atomic E-state index is -4.32. The molecule has 4 aromatic carbocycles. The van der Waals surface area contributed by atoms with Crippen LogP contribution in [0.4, 0.5) is 0 Å². The van der Waals surface area contributed by atoms with Gasteiger partial charge in [0.2, 0.25) is 0 Å².